The number of nitrogens with one attached hydrogen (secondary N) is 9. The molecule has 0 atom stereocenters. The molecule has 346 valence electrons. The van der Waals surface area contributed by atoms with Crippen LogP contribution in [0.2, 0.25) is 0 Å². The molecule has 0 fully saturated rings. The minimum absolute atomic E-state index is 0.103. The van der Waals surface area contributed by atoms with Crippen molar-refractivity contribution in [3.8, 4) is 0 Å². The molecule has 0 spiro atoms. The third kappa shape index (κ3) is 37.3. The Bertz CT molecular complexity index is 1300. The molecule has 0 saturated heterocycles. The fourth-order valence-electron chi connectivity index (χ4n) is 5.46. The Hall–Kier alpha value is -4.96. The van der Waals surface area contributed by atoms with Gasteiger partial charge in [-0.2, -0.15) is 0 Å². The van der Waals surface area contributed by atoms with Gasteiger partial charge in [0.25, 0.3) is 0 Å². The Morgan fingerprint density at radius 3 is 0.698 bits per heavy atom. The van der Waals surface area contributed by atoms with E-state index < -0.39 is 47.3 Å². The zero-order chi connectivity index (χ0) is 47.8. The second-order valence-corrected chi connectivity index (χ2v) is 14.1. The van der Waals surface area contributed by atoms with E-state index in [1.165, 1.54) is 21.6 Å². The number of carbonyl (C=O) groups is 10. The molecular weight excluding hydrogens is 816 g/mol. The van der Waals surface area contributed by atoms with Crippen LogP contribution in [0.5, 0.6) is 0 Å². The molecule has 26 heteroatoms. The summed E-state index contributed by atoms with van der Waals surface area (Å²) in [4.78, 5) is 124. The molecule has 9 amide bonds. The average molecular weight is 882 g/mol. The van der Waals surface area contributed by atoms with E-state index in [2.05, 4.69) is 26.6 Å². The number of hydrogen-bond donors (Lipinski definition) is 9. The lowest BCUT2D eigenvalue weighted by Gasteiger charge is -2.21. The van der Waals surface area contributed by atoms with Crippen LogP contribution in [-0.4, -0.2) is 197 Å². The average Bonchev–Trinajstić information content (AvgIpc) is 3.24. The van der Waals surface area contributed by atoms with Gasteiger partial charge in [-0.25, -0.2) is 0 Å². The summed E-state index contributed by atoms with van der Waals surface area (Å²) in [6.45, 7) is 4.86. The highest BCUT2D eigenvalue weighted by Gasteiger charge is 2.20. The van der Waals surface area contributed by atoms with Gasteiger partial charge in [0.1, 0.15) is 5.78 Å². The summed E-state index contributed by atoms with van der Waals surface area (Å²) in [5.41, 5.74) is 0. The minimum atomic E-state index is -0.591. The number of nitrogens with zero attached hydrogens (tertiary/aromatic N) is 3. The summed E-state index contributed by atoms with van der Waals surface area (Å²) >= 11 is 0. The first kappa shape index (κ1) is 60.1. The lowest BCUT2D eigenvalue weighted by Crippen LogP contribution is -2.47. The van der Waals surface area contributed by atoms with Crippen LogP contribution < -0.4 is 47.5 Å². The molecule has 0 aliphatic rings. The van der Waals surface area contributed by atoms with E-state index in [0.717, 1.165) is 12.8 Å². The largest absolute Gasteiger partial charge is 0.408 e. The van der Waals surface area contributed by atoms with Crippen molar-refractivity contribution in [2.75, 3.05) is 91.6 Å². The van der Waals surface area contributed by atoms with Gasteiger partial charge in [-0.1, -0.05) is 20.3 Å². The molecule has 0 unspecified atom stereocenters. The smallest absolute Gasteiger partial charge is 0.234 e. The Morgan fingerprint density at radius 2 is 0.508 bits per heavy atom. The summed E-state index contributed by atoms with van der Waals surface area (Å²) in [7, 11) is 20.3. The molecule has 0 saturated carbocycles. The molecule has 0 aliphatic carbocycles. The molecule has 63 heavy (non-hydrogen) atoms. The molecule has 0 aromatic rings. The monoisotopic (exact) mass is 883 g/mol. The standard InChI is InChI=1S/C35H60B4N12O10.C2H6/c1-26(52)11-5-2-6-12-40-27(53)17-49(18-28(54)41-13-7-3-9-15-43-30(56)20-50(22-32(58)45-36)23-33(59)46-37)19-29(55)42-14-8-4-10-16-44-31(57)21-51(24-34(60)47-38)25-35(61)48-39;1-2/h2-25H2,1H3,(H,40,53)(H,41,54)(H,42,55)(H,43,56)(H,44,57)(H,45,58)(H,46,59)(H,47,60)(H,48,61);1-2H3. The highest BCUT2D eigenvalue weighted by atomic mass is 16.2. The number of Topliss-reactive ketones (excluding diaryl/α,β-unsaturated/α-hetero) is 1. The van der Waals surface area contributed by atoms with Crippen LogP contribution in [0.3, 0.4) is 0 Å². The van der Waals surface area contributed by atoms with Gasteiger partial charge in [0, 0.05) is 39.1 Å². The van der Waals surface area contributed by atoms with Crippen LogP contribution >= 0.6 is 0 Å². The molecule has 22 nitrogen and oxygen atoms in total. The highest BCUT2D eigenvalue weighted by molar-refractivity contribution is 6.16. The molecule has 0 rings (SSSR count). The van der Waals surface area contributed by atoms with Gasteiger partial charge in [-0.05, 0) is 58.3 Å². The van der Waals surface area contributed by atoms with Crippen LogP contribution in [0.25, 0.3) is 0 Å². The maximum Gasteiger partial charge on any atom is 0.234 e. The quantitative estimate of drug-likeness (QED) is 0.0211. The summed E-state index contributed by atoms with van der Waals surface area (Å²) in [5.74, 6) is -4.24. The molecule has 0 aromatic heterocycles. The number of ketones is 1. The van der Waals surface area contributed by atoms with Crippen molar-refractivity contribution in [3.05, 3.63) is 0 Å². The van der Waals surface area contributed by atoms with Gasteiger partial charge in [0.2, 0.25) is 85.1 Å². The number of hydrogen-bond acceptors (Lipinski definition) is 13. The molecule has 0 heterocycles. The minimum Gasteiger partial charge on any atom is -0.408 e. The molecule has 0 bridgehead atoms. The second kappa shape index (κ2) is 39.9. The molecule has 9 N–H and O–H groups in total. The first-order chi connectivity index (χ1) is 30.1. The number of carbonyl (C=O) groups excluding carboxylic acids is 10. The van der Waals surface area contributed by atoms with E-state index in [9.17, 15) is 47.9 Å². The molecule has 0 aliphatic heterocycles. The maximum atomic E-state index is 12.8. The van der Waals surface area contributed by atoms with E-state index >= 15 is 0 Å². The van der Waals surface area contributed by atoms with Gasteiger partial charge < -0.3 is 52.3 Å². The van der Waals surface area contributed by atoms with Gasteiger partial charge in [-0.15, -0.1) is 0 Å². The van der Waals surface area contributed by atoms with Crippen molar-refractivity contribution in [1.82, 2.24) is 62.2 Å². The van der Waals surface area contributed by atoms with E-state index in [0.29, 0.717) is 84.1 Å². The Labute approximate surface area is 376 Å². The summed E-state index contributed by atoms with van der Waals surface area (Å²) < 4.78 is 0. The molecule has 8 radical (unpaired) electrons. The van der Waals surface area contributed by atoms with Crippen molar-refractivity contribution >= 4 is 90.9 Å². The van der Waals surface area contributed by atoms with Gasteiger partial charge in [-0.3, -0.25) is 57.9 Å². The third-order valence-corrected chi connectivity index (χ3v) is 8.47. The van der Waals surface area contributed by atoms with E-state index in [4.69, 9.17) is 31.9 Å². The van der Waals surface area contributed by atoms with Crippen molar-refractivity contribution in [1.29, 1.82) is 0 Å². The lowest BCUT2D eigenvalue weighted by atomic mass is 10.1. The van der Waals surface area contributed by atoms with Crippen LogP contribution in [0.1, 0.15) is 85.0 Å². The first-order valence-electron chi connectivity index (χ1n) is 21.1. The number of unbranched alkanes of at least 4 members (excludes halogenated alkanes) is 6. The summed E-state index contributed by atoms with van der Waals surface area (Å²) in [6, 6.07) is 0. The van der Waals surface area contributed by atoms with Crippen LogP contribution in [0.15, 0.2) is 0 Å². The Morgan fingerprint density at radius 1 is 0.317 bits per heavy atom. The van der Waals surface area contributed by atoms with Crippen LogP contribution in [-0.2, 0) is 47.9 Å². The van der Waals surface area contributed by atoms with Crippen molar-refractivity contribution in [3.63, 3.8) is 0 Å². The fourth-order valence-corrected chi connectivity index (χ4v) is 5.46. The summed E-state index contributed by atoms with van der Waals surface area (Å²) in [5, 5.41) is 21.5. The highest BCUT2D eigenvalue weighted by Crippen LogP contribution is 2.00. The predicted octanol–water partition coefficient (Wildman–Crippen LogP) is -5.21. The number of amides is 9. The second-order valence-electron chi connectivity index (χ2n) is 14.1. The normalized spacial score (nSPS) is 10.4. The third-order valence-electron chi connectivity index (χ3n) is 8.47. The zero-order valence-electron chi connectivity index (χ0n) is 37.2. The fraction of sp³-hybridized carbons (Fsp3) is 0.730. The first-order valence-corrected chi connectivity index (χ1v) is 21.1. The molecule has 0 aromatic carbocycles. The van der Waals surface area contributed by atoms with Crippen molar-refractivity contribution in [2.24, 2.45) is 0 Å². The van der Waals surface area contributed by atoms with Gasteiger partial charge in [0.15, 0.2) is 0 Å². The zero-order valence-corrected chi connectivity index (χ0v) is 37.2. The topological polar surface area (TPSA) is 289 Å². The SMILES string of the molecule is CC.[B]NC(=O)CN(CC(=O)N[B])CC(=O)NCCCCCNC(=O)CN(CC(=O)NCCCCCNC(=O)CN(CC(=O)N[B])CC(=O)N[B])CC(=O)NCCCCCC(C)=O. The lowest BCUT2D eigenvalue weighted by molar-refractivity contribution is -0.129. The maximum absolute atomic E-state index is 12.8. The van der Waals surface area contributed by atoms with Gasteiger partial charge >= 0.3 is 0 Å². The van der Waals surface area contributed by atoms with Crippen LogP contribution in [0, 0.1) is 0 Å². The van der Waals surface area contributed by atoms with E-state index in [1.807, 2.05) is 34.8 Å². The number of rotatable bonds is 36. The Balaban J connectivity index is 0. The van der Waals surface area contributed by atoms with E-state index in [1.54, 1.807) is 0 Å². The van der Waals surface area contributed by atoms with Crippen molar-refractivity contribution < 1.29 is 47.9 Å². The molecular formula is C37H66B4N12O10. The van der Waals surface area contributed by atoms with Crippen LogP contribution in [0.4, 0.5) is 0 Å². The van der Waals surface area contributed by atoms with E-state index in [-0.39, 0.29) is 70.6 Å². The summed E-state index contributed by atoms with van der Waals surface area (Å²) in [6.07, 6.45) is 6.24. The Kier molecular flexibility index (Phi) is 38.0. The van der Waals surface area contributed by atoms with Crippen molar-refractivity contribution in [2.45, 2.75) is 85.0 Å². The van der Waals surface area contributed by atoms with Gasteiger partial charge in [0.05, 0.1) is 58.9 Å². The predicted molar refractivity (Wildman–Crippen MR) is 238 cm³/mol.